The fourth-order valence-corrected chi connectivity index (χ4v) is 2.34. The van der Waals surface area contributed by atoms with Gasteiger partial charge in [0.05, 0.1) is 6.61 Å². The smallest absolute Gasteiger partial charge is 0.411 e. The maximum atomic E-state index is 12.2. The van der Waals surface area contributed by atoms with Crippen LogP contribution < -0.4 is 0 Å². The summed E-state index contributed by atoms with van der Waals surface area (Å²) in [5.41, 5.74) is 0.840. The predicted molar refractivity (Wildman–Crippen MR) is 78.0 cm³/mol. The van der Waals surface area contributed by atoms with Crippen LogP contribution in [0.1, 0.15) is 25.3 Å². The molecular formula is C16H19NO5. The zero-order valence-electron chi connectivity index (χ0n) is 12.5. The summed E-state index contributed by atoms with van der Waals surface area (Å²) in [6, 6.07) is 8.03. The van der Waals surface area contributed by atoms with Crippen molar-refractivity contribution in [2.24, 2.45) is 0 Å². The number of benzene rings is 1. The first-order valence-electron chi connectivity index (χ1n) is 7.30. The first-order valence-corrected chi connectivity index (χ1v) is 7.30. The molecule has 1 aliphatic rings. The monoisotopic (exact) mass is 305 g/mol. The van der Waals surface area contributed by atoms with Crippen LogP contribution in [0.15, 0.2) is 30.3 Å². The van der Waals surface area contributed by atoms with Crippen molar-refractivity contribution in [2.45, 2.75) is 32.4 Å². The second kappa shape index (κ2) is 7.59. The largest absolute Gasteiger partial charge is 0.464 e. The van der Waals surface area contributed by atoms with Gasteiger partial charge in [0, 0.05) is 13.0 Å². The molecule has 0 saturated carbocycles. The Morgan fingerprint density at radius 2 is 1.95 bits per heavy atom. The Morgan fingerprint density at radius 3 is 2.64 bits per heavy atom. The third-order valence-corrected chi connectivity index (χ3v) is 3.39. The van der Waals surface area contributed by atoms with E-state index >= 15 is 0 Å². The van der Waals surface area contributed by atoms with Gasteiger partial charge in [0.15, 0.2) is 11.8 Å². The normalized spacial score (nSPS) is 18.0. The molecule has 1 atom stereocenters. The van der Waals surface area contributed by atoms with Crippen molar-refractivity contribution in [2.75, 3.05) is 13.2 Å². The first kappa shape index (κ1) is 16.0. The zero-order valence-corrected chi connectivity index (χ0v) is 12.5. The molecule has 6 heteroatoms. The van der Waals surface area contributed by atoms with Crippen molar-refractivity contribution < 1.29 is 23.9 Å². The summed E-state index contributed by atoms with van der Waals surface area (Å²) in [6.07, 6.45) is 0.121. The number of amides is 1. The van der Waals surface area contributed by atoms with E-state index in [1.807, 2.05) is 30.3 Å². The van der Waals surface area contributed by atoms with E-state index in [0.717, 1.165) is 10.5 Å². The van der Waals surface area contributed by atoms with Crippen LogP contribution in [0.25, 0.3) is 0 Å². The Hall–Kier alpha value is -2.37. The predicted octanol–water partition coefficient (Wildman–Crippen LogP) is 1.92. The number of rotatable bonds is 4. The lowest BCUT2D eigenvalue weighted by atomic mass is 10.0. The lowest BCUT2D eigenvalue weighted by Crippen LogP contribution is -2.53. The number of piperidine rings is 1. The highest BCUT2D eigenvalue weighted by atomic mass is 16.6. The van der Waals surface area contributed by atoms with E-state index in [1.54, 1.807) is 6.92 Å². The van der Waals surface area contributed by atoms with E-state index in [4.69, 9.17) is 9.47 Å². The first-order chi connectivity index (χ1) is 10.6. The van der Waals surface area contributed by atoms with Crippen LogP contribution >= 0.6 is 0 Å². The molecule has 1 fully saturated rings. The van der Waals surface area contributed by atoms with E-state index in [-0.39, 0.29) is 25.4 Å². The Bertz CT molecular complexity index is 543. The minimum atomic E-state index is -1.18. The zero-order chi connectivity index (χ0) is 15.9. The van der Waals surface area contributed by atoms with Crippen LogP contribution in [-0.2, 0) is 25.7 Å². The van der Waals surface area contributed by atoms with E-state index in [1.165, 1.54) is 0 Å². The molecule has 0 aromatic heterocycles. The number of Topliss-reactive ketones (excluding diaryl/α,β-unsaturated/α-hetero) is 1. The Morgan fingerprint density at radius 1 is 1.23 bits per heavy atom. The van der Waals surface area contributed by atoms with Crippen molar-refractivity contribution in [1.82, 2.24) is 4.90 Å². The van der Waals surface area contributed by atoms with Crippen molar-refractivity contribution in [3.63, 3.8) is 0 Å². The van der Waals surface area contributed by atoms with E-state index < -0.39 is 18.1 Å². The summed E-state index contributed by atoms with van der Waals surface area (Å²) in [6.45, 7) is 2.22. The highest BCUT2D eigenvalue weighted by Crippen LogP contribution is 2.17. The molecule has 1 aliphatic heterocycles. The van der Waals surface area contributed by atoms with Crippen LogP contribution in [0.2, 0.25) is 0 Å². The van der Waals surface area contributed by atoms with E-state index in [9.17, 15) is 14.4 Å². The molecule has 0 bridgehead atoms. The summed E-state index contributed by atoms with van der Waals surface area (Å²) < 4.78 is 10.1. The standard InChI is InChI=1S/C16H19NO5/c1-2-21-15(19)14-13(18)9-6-10-17(14)16(20)22-11-12-7-4-3-5-8-12/h3-5,7-8,14H,2,6,9-11H2,1H3. The number of hydrogen-bond acceptors (Lipinski definition) is 5. The summed E-state index contributed by atoms with van der Waals surface area (Å²) in [4.78, 5) is 37.2. The number of ether oxygens (including phenoxy) is 2. The van der Waals surface area contributed by atoms with Crippen LogP contribution in [-0.4, -0.2) is 41.9 Å². The number of nitrogens with zero attached hydrogens (tertiary/aromatic N) is 1. The molecule has 1 aromatic rings. The van der Waals surface area contributed by atoms with Gasteiger partial charge in [-0.1, -0.05) is 30.3 Å². The van der Waals surface area contributed by atoms with Gasteiger partial charge in [-0.05, 0) is 18.9 Å². The summed E-state index contributed by atoms with van der Waals surface area (Å²) in [5, 5.41) is 0. The molecule has 1 amide bonds. The van der Waals surface area contributed by atoms with Gasteiger partial charge >= 0.3 is 12.1 Å². The third-order valence-electron chi connectivity index (χ3n) is 3.39. The molecular weight excluding hydrogens is 286 g/mol. The average Bonchev–Trinajstić information content (AvgIpc) is 2.53. The van der Waals surface area contributed by atoms with Gasteiger partial charge in [0.25, 0.3) is 0 Å². The summed E-state index contributed by atoms with van der Waals surface area (Å²) in [5.74, 6) is -0.995. The molecule has 118 valence electrons. The minimum Gasteiger partial charge on any atom is -0.464 e. The Balaban J connectivity index is 2.02. The summed E-state index contributed by atoms with van der Waals surface area (Å²) >= 11 is 0. The van der Waals surface area contributed by atoms with Crippen LogP contribution in [0.3, 0.4) is 0 Å². The average molecular weight is 305 g/mol. The molecule has 2 rings (SSSR count). The minimum absolute atomic E-state index is 0.0971. The van der Waals surface area contributed by atoms with Gasteiger partial charge in [-0.2, -0.15) is 0 Å². The number of hydrogen-bond donors (Lipinski definition) is 0. The Kier molecular flexibility index (Phi) is 5.52. The second-order valence-electron chi connectivity index (χ2n) is 4.96. The maximum Gasteiger partial charge on any atom is 0.411 e. The SMILES string of the molecule is CCOC(=O)C1C(=O)CCCN1C(=O)OCc1ccccc1. The number of carbonyl (C=O) groups excluding carboxylic acids is 3. The van der Waals surface area contributed by atoms with Crippen molar-refractivity contribution in [1.29, 1.82) is 0 Å². The number of ketones is 1. The van der Waals surface area contributed by atoms with E-state index in [0.29, 0.717) is 13.0 Å². The van der Waals surface area contributed by atoms with Gasteiger partial charge in [0.2, 0.25) is 0 Å². The number of likely N-dealkylation sites (tertiary alicyclic amines) is 1. The van der Waals surface area contributed by atoms with Crippen LogP contribution in [0.5, 0.6) is 0 Å². The molecule has 0 aliphatic carbocycles. The molecule has 0 radical (unpaired) electrons. The highest BCUT2D eigenvalue weighted by Gasteiger charge is 2.40. The van der Waals surface area contributed by atoms with Crippen LogP contribution in [0.4, 0.5) is 4.79 Å². The van der Waals surface area contributed by atoms with E-state index in [2.05, 4.69) is 0 Å². The maximum absolute atomic E-state index is 12.2. The van der Waals surface area contributed by atoms with Gasteiger partial charge in [0.1, 0.15) is 6.61 Å². The molecule has 0 spiro atoms. The topological polar surface area (TPSA) is 72.9 Å². The van der Waals surface area contributed by atoms with Crippen LogP contribution in [0, 0.1) is 0 Å². The van der Waals surface area contributed by atoms with Crippen molar-refractivity contribution in [3.8, 4) is 0 Å². The lowest BCUT2D eigenvalue weighted by Gasteiger charge is -2.31. The molecule has 1 aromatic carbocycles. The molecule has 0 N–H and O–H groups in total. The Labute approximate surface area is 129 Å². The fraction of sp³-hybridized carbons (Fsp3) is 0.438. The summed E-state index contributed by atoms with van der Waals surface area (Å²) in [7, 11) is 0. The van der Waals surface area contributed by atoms with Gasteiger partial charge in [-0.3, -0.25) is 9.69 Å². The fourth-order valence-electron chi connectivity index (χ4n) is 2.34. The quantitative estimate of drug-likeness (QED) is 0.627. The van der Waals surface area contributed by atoms with Crippen molar-refractivity contribution in [3.05, 3.63) is 35.9 Å². The lowest BCUT2D eigenvalue weighted by molar-refractivity contribution is -0.154. The molecule has 6 nitrogen and oxygen atoms in total. The molecule has 1 unspecified atom stereocenters. The molecule has 1 heterocycles. The second-order valence-corrected chi connectivity index (χ2v) is 4.96. The van der Waals surface area contributed by atoms with Gasteiger partial charge < -0.3 is 9.47 Å². The molecule has 1 saturated heterocycles. The third kappa shape index (κ3) is 3.84. The number of esters is 1. The number of carbonyl (C=O) groups is 3. The molecule has 22 heavy (non-hydrogen) atoms. The highest BCUT2D eigenvalue weighted by molar-refractivity contribution is 6.05. The van der Waals surface area contributed by atoms with Gasteiger partial charge in [-0.25, -0.2) is 9.59 Å². The van der Waals surface area contributed by atoms with Crippen molar-refractivity contribution >= 4 is 17.8 Å². The van der Waals surface area contributed by atoms with Gasteiger partial charge in [-0.15, -0.1) is 0 Å².